The Balaban J connectivity index is 1.43. The van der Waals surface area contributed by atoms with Crippen molar-refractivity contribution in [1.82, 2.24) is 10.2 Å². The van der Waals surface area contributed by atoms with Gasteiger partial charge in [-0.05, 0) is 74.4 Å². The molecule has 3 rings (SSSR count). The summed E-state index contributed by atoms with van der Waals surface area (Å²) in [7, 11) is 1.41. The number of amides is 1. The zero-order valence-electron chi connectivity index (χ0n) is 14.8. The molecule has 0 atom stereocenters. The molecule has 0 radical (unpaired) electrons. The van der Waals surface area contributed by atoms with E-state index in [2.05, 4.69) is 22.0 Å². The van der Waals surface area contributed by atoms with Gasteiger partial charge in [0.2, 0.25) is 0 Å². The summed E-state index contributed by atoms with van der Waals surface area (Å²) in [4.78, 5) is 14.9. The number of carbonyl (C=O) groups excluding carboxylic acids is 1. The summed E-state index contributed by atoms with van der Waals surface area (Å²) < 4.78 is 18.6. The zero-order valence-corrected chi connectivity index (χ0v) is 15.6. The summed E-state index contributed by atoms with van der Waals surface area (Å²) in [5, 5.41) is 2.96. The molecule has 2 fully saturated rings. The van der Waals surface area contributed by atoms with Crippen LogP contribution in [0.3, 0.4) is 0 Å². The topological polar surface area (TPSA) is 41.6 Å². The van der Waals surface area contributed by atoms with Crippen molar-refractivity contribution < 1.29 is 13.9 Å². The van der Waals surface area contributed by atoms with E-state index in [0.717, 1.165) is 32.0 Å². The highest BCUT2D eigenvalue weighted by Gasteiger charge is 2.26. The molecule has 2 saturated heterocycles. The van der Waals surface area contributed by atoms with Crippen LogP contribution in [-0.4, -0.2) is 55.1 Å². The minimum atomic E-state index is -0.505. The van der Waals surface area contributed by atoms with E-state index in [1.807, 2.05) is 0 Å². The van der Waals surface area contributed by atoms with Crippen molar-refractivity contribution in [2.24, 2.45) is 5.92 Å². The van der Waals surface area contributed by atoms with Crippen molar-refractivity contribution in [1.29, 1.82) is 0 Å². The Bertz CT molecular complexity index is 585. The van der Waals surface area contributed by atoms with Gasteiger partial charge in [0.25, 0.3) is 5.91 Å². The van der Waals surface area contributed by atoms with Crippen LogP contribution in [0.4, 0.5) is 4.39 Å². The normalized spacial score (nSPS) is 20.4. The van der Waals surface area contributed by atoms with Gasteiger partial charge in [0, 0.05) is 18.2 Å². The number of carbonyl (C=O) groups is 1. The van der Waals surface area contributed by atoms with Gasteiger partial charge in [-0.15, -0.1) is 0 Å². The highest BCUT2D eigenvalue weighted by atomic mass is 32.2. The Morgan fingerprint density at radius 2 is 2.00 bits per heavy atom. The lowest BCUT2D eigenvalue weighted by Gasteiger charge is -2.39. The van der Waals surface area contributed by atoms with Crippen molar-refractivity contribution in [3.8, 4) is 5.75 Å². The quantitative estimate of drug-likeness (QED) is 0.869. The summed E-state index contributed by atoms with van der Waals surface area (Å²) in [5.74, 6) is 2.53. The standard InChI is InChI=1S/C19H27FN2O2S/c1-24-18-3-2-15(12-17(18)20)19(23)21-13-14-4-8-22(9-5-14)16-6-10-25-11-7-16/h2-3,12,14,16H,4-11,13H2,1H3,(H,21,23). The molecule has 1 N–H and O–H groups in total. The maximum Gasteiger partial charge on any atom is 0.251 e. The van der Waals surface area contributed by atoms with E-state index < -0.39 is 5.82 Å². The summed E-state index contributed by atoms with van der Waals surface area (Å²) in [6.45, 7) is 2.93. The second-order valence-corrected chi connectivity index (χ2v) is 8.11. The molecule has 138 valence electrons. The van der Waals surface area contributed by atoms with Gasteiger partial charge >= 0.3 is 0 Å². The zero-order chi connectivity index (χ0) is 17.6. The van der Waals surface area contributed by atoms with E-state index in [-0.39, 0.29) is 11.7 Å². The molecule has 2 heterocycles. The first-order chi connectivity index (χ1) is 12.2. The molecule has 2 aliphatic heterocycles. The predicted octanol–water partition coefficient (Wildman–Crippen LogP) is 3.17. The lowest BCUT2D eigenvalue weighted by Crippen LogP contribution is -2.45. The Kier molecular flexibility index (Phi) is 6.59. The van der Waals surface area contributed by atoms with E-state index in [1.165, 1.54) is 43.6 Å². The molecule has 0 unspecified atom stereocenters. The van der Waals surface area contributed by atoms with E-state index >= 15 is 0 Å². The van der Waals surface area contributed by atoms with Crippen molar-refractivity contribution in [3.63, 3.8) is 0 Å². The largest absolute Gasteiger partial charge is 0.494 e. The van der Waals surface area contributed by atoms with E-state index in [4.69, 9.17) is 4.74 Å². The SMILES string of the molecule is COc1ccc(C(=O)NCC2CCN(C3CCSCC3)CC2)cc1F. The smallest absolute Gasteiger partial charge is 0.251 e. The van der Waals surface area contributed by atoms with Crippen molar-refractivity contribution in [2.45, 2.75) is 31.7 Å². The second kappa shape index (κ2) is 8.90. The van der Waals surface area contributed by atoms with Gasteiger partial charge in [-0.1, -0.05) is 0 Å². The molecule has 0 spiro atoms. The number of nitrogens with zero attached hydrogens (tertiary/aromatic N) is 1. The van der Waals surface area contributed by atoms with Crippen LogP contribution in [0.2, 0.25) is 0 Å². The van der Waals surface area contributed by atoms with Gasteiger partial charge in [-0.2, -0.15) is 11.8 Å². The number of hydrogen-bond donors (Lipinski definition) is 1. The van der Waals surface area contributed by atoms with Crippen LogP contribution >= 0.6 is 11.8 Å². The lowest BCUT2D eigenvalue weighted by atomic mass is 9.94. The molecule has 6 heteroatoms. The van der Waals surface area contributed by atoms with E-state index in [1.54, 1.807) is 6.07 Å². The monoisotopic (exact) mass is 366 g/mol. The van der Waals surface area contributed by atoms with Gasteiger partial charge in [0.05, 0.1) is 7.11 Å². The van der Waals surface area contributed by atoms with Crippen LogP contribution in [0.25, 0.3) is 0 Å². The van der Waals surface area contributed by atoms with Crippen LogP contribution in [0, 0.1) is 11.7 Å². The molecule has 4 nitrogen and oxygen atoms in total. The number of thioether (sulfide) groups is 1. The summed E-state index contributed by atoms with van der Waals surface area (Å²) in [6.07, 6.45) is 4.88. The summed E-state index contributed by atoms with van der Waals surface area (Å²) in [5.41, 5.74) is 0.343. The van der Waals surface area contributed by atoms with Gasteiger partial charge in [0.15, 0.2) is 11.6 Å². The molecule has 25 heavy (non-hydrogen) atoms. The van der Waals surface area contributed by atoms with Gasteiger partial charge in [-0.3, -0.25) is 4.79 Å². The number of halogens is 1. The Morgan fingerprint density at radius 1 is 1.28 bits per heavy atom. The lowest BCUT2D eigenvalue weighted by molar-refractivity contribution is 0.0919. The van der Waals surface area contributed by atoms with Crippen LogP contribution < -0.4 is 10.1 Å². The third kappa shape index (κ3) is 4.88. The molecule has 0 aromatic heterocycles. The van der Waals surface area contributed by atoms with Crippen LogP contribution in [-0.2, 0) is 0 Å². The molecule has 1 aromatic carbocycles. The molecule has 1 aromatic rings. The van der Waals surface area contributed by atoms with Crippen molar-refractivity contribution >= 4 is 17.7 Å². The van der Waals surface area contributed by atoms with Crippen LogP contribution in [0.5, 0.6) is 5.75 Å². The number of hydrogen-bond acceptors (Lipinski definition) is 4. The fraction of sp³-hybridized carbons (Fsp3) is 0.632. The van der Waals surface area contributed by atoms with E-state index in [0.29, 0.717) is 18.0 Å². The first kappa shape index (κ1) is 18.5. The molecule has 1 amide bonds. The average Bonchev–Trinajstić information content (AvgIpc) is 2.67. The highest BCUT2D eigenvalue weighted by molar-refractivity contribution is 7.99. The van der Waals surface area contributed by atoms with Gasteiger partial charge in [-0.25, -0.2) is 4.39 Å². The second-order valence-electron chi connectivity index (χ2n) is 6.88. The highest BCUT2D eigenvalue weighted by Crippen LogP contribution is 2.26. The first-order valence-corrected chi connectivity index (χ1v) is 10.3. The van der Waals surface area contributed by atoms with Crippen LogP contribution in [0.15, 0.2) is 18.2 Å². The number of piperidine rings is 1. The van der Waals surface area contributed by atoms with Crippen molar-refractivity contribution in [3.05, 3.63) is 29.6 Å². The van der Waals surface area contributed by atoms with Gasteiger partial charge < -0.3 is 15.0 Å². The number of benzene rings is 1. The minimum absolute atomic E-state index is 0.157. The van der Waals surface area contributed by atoms with Crippen LogP contribution in [0.1, 0.15) is 36.0 Å². The molecular weight excluding hydrogens is 339 g/mol. The number of methoxy groups -OCH3 is 1. The number of nitrogens with one attached hydrogen (secondary N) is 1. The van der Waals surface area contributed by atoms with Crippen molar-refractivity contribution in [2.75, 3.05) is 38.2 Å². The summed E-state index contributed by atoms with van der Waals surface area (Å²) in [6, 6.07) is 5.09. The molecular formula is C19H27FN2O2S. The maximum absolute atomic E-state index is 13.7. The number of likely N-dealkylation sites (tertiary alicyclic amines) is 1. The Hall–Kier alpha value is -1.27. The third-order valence-corrected chi connectivity index (χ3v) is 6.37. The molecule has 0 saturated carbocycles. The third-order valence-electron chi connectivity index (χ3n) is 5.32. The Labute approximate surface area is 153 Å². The molecule has 0 bridgehead atoms. The predicted molar refractivity (Wildman–Crippen MR) is 99.9 cm³/mol. The van der Waals surface area contributed by atoms with Gasteiger partial charge in [0.1, 0.15) is 0 Å². The average molecular weight is 367 g/mol. The summed E-state index contributed by atoms with van der Waals surface area (Å²) >= 11 is 2.07. The van der Waals surface area contributed by atoms with E-state index in [9.17, 15) is 9.18 Å². The minimum Gasteiger partial charge on any atom is -0.494 e. The molecule has 2 aliphatic rings. The first-order valence-electron chi connectivity index (χ1n) is 9.11. The number of ether oxygens (including phenoxy) is 1. The Morgan fingerprint density at radius 3 is 2.64 bits per heavy atom. The number of rotatable bonds is 5. The maximum atomic E-state index is 13.7. The molecule has 0 aliphatic carbocycles. The fourth-order valence-corrected chi connectivity index (χ4v) is 4.80. The fourth-order valence-electron chi connectivity index (χ4n) is 3.72.